The first-order chi connectivity index (χ1) is 7.83. The summed E-state index contributed by atoms with van der Waals surface area (Å²) in [5, 5.41) is 10.7. The summed E-state index contributed by atoms with van der Waals surface area (Å²) in [7, 11) is 0. The number of halogens is 2. The Morgan fingerprint density at radius 1 is 1.53 bits per heavy atom. The number of hydrogen-bond acceptors (Lipinski definition) is 2. The molecule has 0 saturated carbocycles. The van der Waals surface area contributed by atoms with Crippen molar-refractivity contribution in [3.8, 4) is 0 Å². The van der Waals surface area contributed by atoms with Crippen molar-refractivity contribution >= 4 is 12.0 Å². The summed E-state index contributed by atoms with van der Waals surface area (Å²) >= 11 is 0. The van der Waals surface area contributed by atoms with Crippen molar-refractivity contribution < 1.29 is 23.5 Å². The second kappa shape index (κ2) is 5.29. The average Bonchev–Trinajstić information content (AvgIpc) is 2.21. The van der Waals surface area contributed by atoms with Gasteiger partial charge in [-0.2, -0.15) is 0 Å². The van der Waals surface area contributed by atoms with E-state index in [0.29, 0.717) is 0 Å². The lowest BCUT2D eigenvalue weighted by atomic mass is 9.95. The zero-order chi connectivity index (χ0) is 13.1. The zero-order valence-corrected chi connectivity index (χ0v) is 9.58. The summed E-state index contributed by atoms with van der Waals surface area (Å²) in [4.78, 5) is 22.7. The number of nitrogens with zero attached hydrogens (tertiary/aromatic N) is 1. The molecule has 1 aliphatic rings. The third-order valence-corrected chi connectivity index (χ3v) is 2.86. The van der Waals surface area contributed by atoms with Crippen LogP contribution in [-0.2, 0) is 4.79 Å². The van der Waals surface area contributed by atoms with E-state index >= 15 is 0 Å². The third-order valence-electron chi connectivity index (χ3n) is 2.86. The Hall–Kier alpha value is -1.40. The molecule has 0 radical (unpaired) electrons. The lowest BCUT2D eigenvalue weighted by molar-refractivity contribution is -0.136. The number of piperidine rings is 1. The molecule has 0 spiro atoms. The Bertz CT molecular complexity index is 310. The second-order valence-electron chi connectivity index (χ2n) is 4.25. The van der Waals surface area contributed by atoms with E-state index in [0.717, 1.165) is 4.90 Å². The molecule has 1 fully saturated rings. The van der Waals surface area contributed by atoms with E-state index in [1.54, 1.807) is 0 Å². The van der Waals surface area contributed by atoms with Crippen LogP contribution < -0.4 is 5.32 Å². The number of hydrogen-bond donors (Lipinski definition) is 2. The number of nitrogens with one attached hydrogen (secondary N) is 1. The van der Waals surface area contributed by atoms with Crippen LogP contribution in [0.2, 0.25) is 0 Å². The van der Waals surface area contributed by atoms with Crippen LogP contribution in [0.25, 0.3) is 0 Å². The highest BCUT2D eigenvalue weighted by Gasteiger charge is 2.43. The van der Waals surface area contributed by atoms with E-state index in [1.165, 1.54) is 6.92 Å². The van der Waals surface area contributed by atoms with Crippen molar-refractivity contribution in [2.75, 3.05) is 19.6 Å². The zero-order valence-electron chi connectivity index (χ0n) is 9.58. The molecule has 98 valence electrons. The number of carboxylic acid groups (broad SMARTS) is 1. The van der Waals surface area contributed by atoms with Gasteiger partial charge in [0, 0.05) is 19.0 Å². The first kappa shape index (κ1) is 13.7. The number of alkyl halides is 2. The molecule has 2 N–H and O–H groups in total. The van der Waals surface area contributed by atoms with Gasteiger partial charge in [-0.1, -0.05) is 6.92 Å². The van der Waals surface area contributed by atoms with Crippen LogP contribution >= 0.6 is 0 Å². The lowest BCUT2D eigenvalue weighted by Gasteiger charge is -2.36. The van der Waals surface area contributed by atoms with Crippen LogP contribution in [0, 0.1) is 5.92 Å². The number of carbonyl (C=O) groups is 2. The summed E-state index contributed by atoms with van der Waals surface area (Å²) in [6.07, 6.45) is 0.0335. The molecule has 0 aromatic carbocycles. The molecular weight excluding hydrogens is 234 g/mol. The molecule has 0 aromatic rings. The normalized spacial score (nSPS) is 23.2. The summed E-state index contributed by atoms with van der Waals surface area (Å²) < 4.78 is 26.7. The molecule has 17 heavy (non-hydrogen) atoms. The number of aliphatic carboxylic acids is 1. The summed E-state index contributed by atoms with van der Waals surface area (Å²) in [6.45, 7) is 1.08. The molecule has 1 heterocycles. The van der Waals surface area contributed by atoms with Crippen molar-refractivity contribution in [2.24, 2.45) is 5.92 Å². The van der Waals surface area contributed by atoms with E-state index in [4.69, 9.17) is 5.11 Å². The Labute approximate surface area is 97.8 Å². The van der Waals surface area contributed by atoms with Crippen molar-refractivity contribution in [1.82, 2.24) is 10.2 Å². The second-order valence-corrected chi connectivity index (χ2v) is 4.25. The molecular formula is C10H16F2N2O3. The molecule has 0 bridgehead atoms. The van der Waals surface area contributed by atoms with E-state index in [2.05, 4.69) is 5.32 Å². The smallest absolute Gasteiger partial charge is 0.317 e. The Morgan fingerprint density at radius 3 is 2.71 bits per heavy atom. The van der Waals surface area contributed by atoms with Crippen LogP contribution in [0.5, 0.6) is 0 Å². The molecule has 1 rings (SSSR count). The van der Waals surface area contributed by atoms with E-state index in [1.807, 2.05) is 0 Å². The van der Waals surface area contributed by atoms with Gasteiger partial charge >= 0.3 is 12.0 Å². The maximum absolute atomic E-state index is 13.3. The Morgan fingerprint density at radius 2 is 2.18 bits per heavy atom. The van der Waals surface area contributed by atoms with Crippen molar-refractivity contribution in [1.29, 1.82) is 0 Å². The molecule has 5 nitrogen and oxygen atoms in total. The van der Waals surface area contributed by atoms with Gasteiger partial charge in [0.15, 0.2) is 0 Å². The molecule has 2 amide bonds. The first-order valence-corrected chi connectivity index (χ1v) is 5.45. The predicted molar refractivity (Wildman–Crippen MR) is 56.0 cm³/mol. The lowest BCUT2D eigenvalue weighted by Crippen LogP contribution is -2.53. The highest BCUT2D eigenvalue weighted by atomic mass is 19.3. The topological polar surface area (TPSA) is 69.6 Å². The SMILES string of the molecule is CC1CCN(C(=O)NCCC(=O)O)CC1(F)F. The van der Waals surface area contributed by atoms with Crippen molar-refractivity contribution in [3.63, 3.8) is 0 Å². The standard InChI is InChI=1S/C10H16F2N2O3/c1-7-3-5-14(6-10(7,11)12)9(17)13-4-2-8(15)16/h7H,2-6H2,1H3,(H,13,17)(H,15,16). The Kier molecular flexibility index (Phi) is 4.25. The van der Waals surface area contributed by atoms with Gasteiger partial charge in [0.1, 0.15) is 0 Å². The number of likely N-dealkylation sites (tertiary alicyclic amines) is 1. The minimum absolute atomic E-state index is 0.0498. The maximum Gasteiger partial charge on any atom is 0.317 e. The Balaban J connectivity index is 2.40. The van der Waals surface area contributed by atoms with Crippen LogP contribution in [0.1, 0.15) is 19.8 Å². The molecule has 1 unspecified atom stereocenters. The molecule has 1 atom stereocenters. The van der Waals surface area contributed by atoms with Crippen LogP contribution in [0.4, 0.5) is 13.6 Å². The van der Waals surface area contributed by atoms with Crippen molar-refractivity contribution in [3.05, 3.63) is 0 Å². The van der Waals surface area contributed by atoms with E-state index in [9.17, 15) is 18.4 Å². The molecule has 7 heteroatoms. The average molecular weight is 250 g/mol. The summed E-state index contributed by atoms with van der Waals surface area (Å²) in [6, 6.07) is -0.627. The highest BCUT2D eigenvalue weighted by Crippen LogP contribution is 2.32. The van der Waals surface area contributed by atoms with Crippen LogP contribution in [0.3, 0.4) is 0 Å². The predicted octanol–water partition coefficient (Wildman–Crippen LogP) is 1.15. The van der Waals surface area contributed by atoms with Gasteiger partial charge in [0.05, 0.1) is 13.0 Å². The van der Waals surface area contributed by atoms with E-state index < -0.39 is 30.4 Å². The number of rotatable bonds is 3. The molecule has 0 aromatic heterocycles. The van der Waals surface area contributed by atoms with Gasteiger partial charge < -0.3 is 15.3 Å². The quantitative estimate of drug-likeness (QED) is 0.789. The number of carboxylic acids is 1. The van der Waals surface area contributed by atoms with Gasteiger partial charge in [-0.05, 0) is 6.42 Å². The fraction of sp³-hybridized carbons (Fsp3) is 0.800. The summed E-state index contributed by atoms with van der Waals surface area (Å²) in [5.74, 6) is -4.64. The number of amides is 2. The van der Waals surface area contributed by atoms with Gasteiger partial charge in [0.25, 0.3) is 5.92 Å². The largest absolute Gasteiger partial charge is 0.481 e. The summed E-state index contributed by atoms with van der Waals surface area (Å²) in [5.41, 5.74) is 0. The van der Waals surface area contributed by atoms with Gasteiger partial charge in [0.2, 0.25) is 0 Å². The maximum atomic E-state index is 13.3. The van der Waals surface area contributed by atoms with Gasteiger partial charge in [-0.15, -0.1) is 0 Å². The molecule has 0 aliphatic carbocycles. The highest BCUT2D eigenvalue weighted by molar-refractivity contribution is 5.75. The first-order valence-electron chi connectivity index (χ1n) is 5.45. The fourth-order valence-corrected chi connectivity index (χ4v) is 1.61. The van der Waals surface area contributed by atoms with Gasteiger partial charge in [-0.3, -0.25) is 4.79 Å². The minimum Gasteiger partial charge on any atom is -0.481 e. The third kappa shape index (κ3) is 3.83. The molecule has 1 aliphatic heterocycles. The van der Waals surface area contributed by atoms with Crippen LogP contribution in [0.15, 0.2) is 0 Å². The minimum atomic E-state index is -2.87. The van der Waals surface area contributed by atoms with E-state index in [-0.39, 0.29) is 25.9 Å². The number of urea groups is 1. The fourth-order valence-electron chi connectivity index (χ4n) is 1.61. The monoisotopic (exact) mass is 250 g/mol. The van der Waals surface area contributed by atoms with Crippen molar-refractivity contribution in [2.45, 2.75) is 25.7 Å². The molecule has 1 saturated heterocycles. The van der Waals surface area contributed by atoms with Crippen LogP contribution in [-0.4, -0.2) is 47.6 Å². The van der Waals surface area contributed by atoms with Gasteiger partial charge in [-0.25, -0.2) is 13.6 Å². The number of carbonyl (C=O) groups excluding carboxylic acids is 1.